The van der Waals surface area contributed by atoms with E-state index in [2.05, 4.69) is 4.98 Å². The summed E-state index contributed by atoms with van der Waals surface area (Å²) in [5.41, 5.74) is -0.461. The fourth-order valence-electron chi connectivity index (χ4n) is 0.707. The van der Waals surface area contributed by atoms with Gasteiger partial charge in [0.05, 0.1) is 12.4 Å². The van der Waals surface area contributed by atoms with E-state index < -0.39 is 23.2 Å². The second-order valence-electron chi connectivity index (χ2n) is 2.16. The van der Waals surface area contributed by atoms with Crippen molar-refractivity contribution in [2.24, 2.45) is 0 Å². The Morgan fingerprint density at radius 2 is 1.92 bits per heavy atom. The molecular weight excluding hydrogens is 166 g/mol. The number of hydrogen-bond acceptors (Lipinski definition) is 2. The number of carbonyl (C=O) groups excluding carboxylic acids is 1. The number of aromatic nitrogens is 1. The van der Waals surface area contributed by atoms with Crippen molar-refractivity contribution in [2.45, 2.75) is 6.92 Å². The molecule has 1 aromatic rings. The number of pyridine rings is 1. The van der Waals surface area contributed by atoms with Crippen LogP contribution in [0.1, 0.15) is 6.92 Å². The fourth-order valence-corrected chi connectivity index (χ4v) is 0.707. The molecule has 0 aliphatic carbocycles. The lowest BCUT2D eigenvalue weighted by molar-refractivity contribution is -0.114. The zero-order chi connectivity index (χ0) is 9.14. The maximum absolute atomic E-state index is 12.7. The van der Waals surface area contributed by atoms with Crippen molar-refractivity contribution in [3.63, 3.8) is 0 Å². The lowest BCUT2D eigenvalue weighted by atomic mass is 10.3. The SMILES string of the molecule is CC(=O)Nc1c(F)cncc1F. The van der Waals surface area contributed by atoms with E-state index in [0.717, 1.165) is 12.4 Å². The first kappa shape index (κ1) is 8.58. The standard InChI is InChI=1S/C7H6F2N2O/c1-4(12)11-7-5(8)2-10-3-6(7)9/h2-3H,1H3,(H,10,11,12). The van der Waals surface area contributed by atoms with Crippen LogP contribution in [0.25, 0.3) is 0 Å². The van der Waals surface area contributed by atoms with E-state index in [1.54, 1.807) is 0 Å². The van der Waals surface area contributed by atoms with Gasteiger partial charge in [0.25, 0.3) is 0 Å². The van der Waals surface area contributed by atoms with Crippen LogP contribution in [0.4, 0.5) is 14.5 Å². The summed E-state index contributed by atoms with van der Waals surface area (Å²) in [6, 6.07) is 0. The summed E-state index contributed by atoms with van der Waals surface area (Å²) in [5.74, 6) is -2.30. The topological polar surface area (TPSA) is 42.0 Å². The highest BCUT2D eigenvalue weighted by Crippen LogP contribution is 2.15. The minimum Gasteiger partial charge on any atom is -0.321 e. The van der Waals surface area contributed by atoms with Gasteiger partial charge >= 0.3 is 0 Å². The van der Waals surface area contributed by atoms with Crippen molar-refractivity contribution in [2.75, 3.05) is 5.32 Å². The molecule has 1 amide bonds. The predicted octanol–water partition coefficient (Wildman–Crippen LogP) is 1.32. The number of rotatable bonds is 1. The Balaban J connectivity index is 3.04. The van der Waals surface area contributed by atoms with Gasteiger partial charge in [0.1, 0.15) is 5.69 Å². The van der Waals surface area contributed by atoms with E-state index in [4.69, 9.17) is 0 Å². The molecule has 1 N–H and O–H groups in total. The van der Waals surface area contributed by atoms with Crippen LogP contribution in [0.2, 0.25) is 0 Å². The molecule has 1 rings (SSSR count). The minimum atomic E-state index is -0.884. The van der Waals surface area contributed by atoms with Crippen molar-refractivity contribution >= 4 is 11.6 Å². The Hall–Kier alpha value is -1.52. The molecule has 0 radical (unpaired) electrons. The quantitative estimate of drug-likeness (QED) is 0.694. The van der Waals surface area contributed by atoms with Crippen molar-refractivity contribution in [1.29, 1.82) is 0 Å². The number of halogens is 2. The van der Waals surface area contributed by atoms with Crippen LogP contribution < -0.4 is 5.32 Å². The molecular formula is C7H6F2N2O. The molecule has 0 spiro atoms. The molecule has 0 atom stereocenters. The van der Waals surface area contributed by atoms with E-state index in [9.17, 15) is 13.6 Å². The maximum Gasteiger partial charge on any atom is 0.221 e. The third-order valence-electron chi connectivity index (χ3n) is 1.15. The summed E-state index contributed by atoms with van der Waals surface area (Å²) >= 11 is 0. The number of carbonyl (C=O) groups is 1. The van der Waals surface area contributed by atoms with E-state index in [1.165, 1.54) is 6.92 Å². The second-order valence-corrected chi connectivity index (χ2v) is 2.16. The Morgan fingerprint density at radius 1 is 1.42 bits per heavy atom. The van der Waals surface area contributed by atoms with Crippen LogP contribution in [-0.4, -0.2) is 10.9 Å². The molecule has 64 valence electrons. The number of nitrogens with one attached hydrogen (secondary N) is 1. The monoisotopic (exact) mass is 172 g/mol. The van der Waals surface area contributed by atoms with Gasteiger partial charge in [-0.25, -0.2) is 8.78 Å². The van der Waals surface area contributed by atoms with Crippen LogP contribution in [0.15, 0.2) is 12.4 Å². The third-order valence-corrected chi connectivity index (χ3v) is 1.15. The van der Waals surface area contributed by atoms with Gasteiger partial charge < -0.3 is 5.32 Å². The molecule has 0 unspecified atom stereocenters. The highest BCUT2D eigenvalue weighted by molar-refractivity contribution is 5.88. The Kier molecular flexibility index (Phi) is 2.32. The first-order chi connectivity index (χ1) is 5.61. The summed E-state index contributed by atoms with van der Waals surface area (Å²) < 4.78 is 25.4. The molecule has 0 saturated carbocycles. The lowest BCUT2D eigenvalue weighted by Crippen LogP contribution is -2.09. The van der Waals surface area contributed by atoms with E-state index in [1.807, 2.05) is 5.32 Å². The molecule has 5 heteroatoms. The Bertz CT molecular complexity index is 294. The summed E-state index contributed by atoms with van der Waals surface area (Å²) in [6.45, 7) is 1.17. The summed E-state index contributed by atoms with van der Waals surface area (Å²) in [6.07, 6.45) is 1.66. The van der Waals surface area contributed by atoms with E-state index >= 15 is 0 Å². The first-order valence-corrected chi connectivity index (χ1v) is 3.18. The van der Waals surface area contributed by atoms with Crippen molar-refractivity contribution in [1.82, 2.24) is 4.98 Å². The van der Waals surface area contributed by atoms with Crippen LogP contribution in [-0.2, 0) is 4.79 Å². The van der Waals surface area contributed by atoms with Crippen LogP contribution in [0.5, 0.6) is 0 Å². The first-order valence-electron chi connectivity index (χ1n) is 3.18. The van der Waals surface area contributed by atoms with Gasteiger partial charge in [0.2, 0.25) is 5.91 Å². The second kappa shape index (κ2) is 3.25. The molecule has 12 heavy (non-hydrogen) atoms. The predicted molar refractivity (Wildman–Crippen MR) is 38.5 cm³/mol. The van der Waals surface area contributed by atoms with Crippen molar-refractivity contribution < 1.29 is 13.6 Å². The smallest absolute Gasteiger partial charge is 0.221 e. The van der Waals surface area contributed by atoms with Gasteiger partial charge in [-0.3, -0.25) is 9.78 Å². The molecule has 0 bridgehead atoms. The normalized spacial score (nSPS) is 9.58. The summed E-state index contributed by atoms with van der Waals surface area (Å²) in [7, 11) is 0. The summed E-state index contributed by atoms with van der Waals surface area (Å²) in [4.78, 5) is 13.7. The lowest BCUT2D eigenvalue weighted by Gasteiger charge is -2.02. The van der Waals surface area contributed by atoms with Gasteiger partial charge in [-0.2, -0.15) is 0 Å². The van der Waals surface area contributed by atoms with Gasteiger partial charge in [0, 0.05) is 6.92 Å². The van der Waals surface area contributed by atoms with Gasteiger partial charge in [-0.05, 0) is 0 Å². The van der Waals surface area contributed by atoms with Gasteiger partial charge in [-0.15, -0.1) is 0 Å². The number of anilines is 1. The number of hydrogen-bond donors (Lipinski definition) is 1. The summed E-state index contributed by atoms with van der Waals surface area (Å²) in [5, 5.41) is 2.01. The number of nitrogens with zero attached hydrogens (tertiary/aromatic N) is 1. The molecule has 1 aromatic heterocycles. The fraction of sp³-hybridized carbons (Fsp3) is 0.143. The Labute approximate surface area is 67.4 Å². The van der Waals surface area contributed by atoms with Gasteiger partial charge in [0.15, 0.2) is 11.6 Å². The van der Waals surface area contributed by atoms with Crippen molar-refractivity contribution in [3.05, 3.63) is 24.0 Å². The molecule has 0 aliphatic rings. The molecule has 0 fully saturated rings. The molecule has 3 nitrogen and oxygen atoms in total. The molecule has 0 saturated heterocycles. The van der Waals surface area contributed by atoms with E-state index in [0.29, 0.717) is 0 Å². The van der Waals surface area contributed by atoms with Gasteiger partial charge in [-0.1, -0.05) is 0 Å². The zero-order valence-corrected chi connectivity index (χ0v) is 6.27. The number of amides is 1. The molecule has 1 heterocycles. The average Bonchev–Trinajstić information content (AvgIpc) is 1.97. The highest BCUT2D eigenvalue weighted by Gasteiger charge is 2.09. The maximum atomic E-state index is 12.7. The molecule has 0 aromatic carbocycles. The highest BCUT2D eigenvalue weighted by atomic mass is 19.1. The van der Waals surface area contributed by atoms with Crippen LogP contribution in [0, 0.1) is 11.6 Å². The van der Waals surface area contributed by atoms with Crippen LogP contribution in [0.3, 0.4) is 0 Å². The van der Waals surface area contributed by atoms with Crippen molar-refractivity contribution in [3.8, 4) is 0 Å². The zero-order valence-electron chi connectivity index (χ0n) is 6.27. The molecule has 0 aliphatic heterocycles. The Morgan fingerprint density at radius 3 is 2.33 bits per heavy atom. The largest absolute Gasteiger partial charge is 0.321 e. The average molecular weight is 172 g/mol. The van der Waals surface area contributed by atoms with E-state index in [-0.39, 0.29) is 0 Å². The van der Waals surface area contributed by atoms with Crippen LogP contribution >= 0.6 is 0 Å². The third kappa shape index (κ3) is 1.75. The minimum absolute atomic E-state index is 0.461.